The molecule has 4 bridgehead atoms. The molecule has 152 valence electrons. The largest absolute Gasteiger partial charge is 0.481 e. The molecule has 4 aliphatic carbocycles. The molecule has 0 saturated heterocycles. The van der Waals surface area contributed by atoms with Crippen LogP contribution in [0.3, 0.4) is 0 Å². The summed E-state index contributed by atoms with van der Waals surface area (Å²) < 4.78 is 16.7. The third-order valence-electron chi connectivity index (χ3n) is 8.42. The molecule has 4 atom stereocenters. The van der Waals surface area contributed by atoms with Gasteiger partial charge in [-0.2, -0.15) is 0 Å². The number of hydrogen-bond donors (Lipinski definition) is 2. The molecule has 4 unspecified atom stereocenters. The van der Waals surface area contributed by atoms with E-state index in [0.29, 0.717) is 17.9 Å². The van der Waals surface area contributed by atoms with Crippen molar-refractivity contribution in [2.45, 2.75) is 50.7 Å². The van der Waals surface area contributed by atoms with Crippen LogP contribution in [-0.4, -0.2) is 31.8 Å². The topological polar surface area (TPSA) is 75.3 Å². The zero-order valence-electron chi connectivity index (χ0n) is 16.2. The Bertz CT molecular complexity index is 986. The lowest BCUT2D eigenvalue weighted by Crippen LogP contribution is -2.57. The minimum absolute atomic E-state index is 0.171. The van der Waals surface area contributed by atoms with Gasteiger partial charge in [0.15, 0.2) is 0 Å². The smallest absolute Gasteiger partial charge is 0.307 e. The number of carboxylic acid groups (broad SMARTS) is 1. The van der Waals surface area contributed by atoms with Crippen LogP contribution in [0.25, 0.3) is 11.3 Å². The highest BCUT2D eigenvalue weighted by Crippen LogP contribution is 2.64. The lowest BCUT2D eigenvalue weighted by Gasteiger charge is -2.60. The van der Waals surface area contributed by atoms with E-state index in [1.54, 1.807) is 18.6 Å². The normalized spacial score (nSPS) is 37.4. The molecule has 7 rings (SSSR count). The van der Waals surface area contributed by atoms with Crippen LogP contribution in [-0.2, 0) is 4.79 Å². The molecule has 1 aromatic heterocycles. The summed E-state index contributed by atoms with van der Waals surface area (Å²) >= 11 is 0. The number of carbonyl (C=O) groups is 1. The summed E-state index contributed by atoms with van der Waals surface area (Å²) in [5, 5.41) is 21.2. The van der Waals surface area contributed by atoms with Crippen molar-refractivity contribution in [3.63, 3.8) is 0 Å². The van der Waals surface area contributed by atoms with Gasteiger partial charge in [-0.05, 0) is 67.8 Å². The fraction of sp³-hybridized carbons (Fsp3) is 0.565. The van der Waals surface area contributed by atoms with Gasteiger partial charge in [0.2, 0.25) is 0 Å². The second-order valence-corrected chi connectivity index (χ2v) is 9.85. The Balaban J connectivity index is 1.33. The van der Waals surface area contributed by atoms with Gasteiger partial charge in [0.1, 0.15) is 5.82 Å². The zero-order valence-corrected chi connectivity index (χ0v) is 16.2. The number of aliphatic carboxylic acids is 1. The van der Waals surface area contributed by atoms with Gasteiger partial charge in [0.25, 0.3) is 0 Å². The van der Waals surface area contributed by atoms with Gasteiger partial charge in [-0.1, -0.05) is 12.1 Å². The first-order valence-corrected chi connectivity index (χ1v) is 10.7. The Hall–Kier alpha value is -2.21. The highest BCUT2D eigenvalue weighted by atomic mass is 19.1. The molecule has 4 fully saturated rings. The third kappa shape index (κ3) is 2.35. The number of fused-ring (bicyclic) bond motifs is 3. The first kappa shape index (κ1) is 17.6. The van der Waals surface area contributed by atoms with E-state index < -0.39 is 12.1 Å². The van der Waals surface area contributed by atoms with Crippen molar-refractivity contribution < 1.29 is 19.4 Å². The first-order valence-electron chi connectivity index (χ1n) is 10.7. The Morgan fingerprint density at radius 2 is 2.03 bits per heavy atom. The van der Waals surface area contributed by atoms with Crippen molar-refractivity contribution in [3.8, 4) is 11.3 Å². The Labute approximate surface area is 168 Å². The Morgan fingerprint density at radius 1 is 1.28 bits per heavy atom. The van der Waals surface area contributed by atoms with Crippen molar-refractivity contribution in [1.29, 1.82) is 0 Å². The molecule has 29 heavy (non-hydrogen) atoms. The van der Waals surface area contributed by atoms with E-state index in [9.17, 15) is 19.4 Å². The second-order valence-electron chi connectivity index (χ2n) is 9.85. The van der Waals surface area contributed by atoms with Crippen molar-refractivity contribution in [2.24, 2.45) is 29.1 Å². The van der Waals surface area contributed by atoms with Crippen LogP contribution in [0.15, 0.2) is 30.7 Å². The molecule has 5 nitrogen and oxygen atoms in total. The van der Waals surface area contributed by atoms with E-state index in [4.69, 9.17) is 0 Å². The lowest BCUT2D eigenvalue weighted by molar-refractivity contribution is -0.176. The average Bonchev–Trinajstić information content (AvgIpc) is 3.24. The summed E-state index contributed by atoms with van der Waals surface area (Å²) in [6.07, 6.45) is 7.86. The van der Waals surface area contributed by atoms with E-state index in [2.05, 4.69) is 4.98 Å². The molecule has 4 saturated carbocycles. The molecule has 0 spiro atoms. The van der Waals surface area contributed by atoms with Crippen LogP contribution in [0.4, 0.5) is 4.39 Å². The van der Waals surface area contributed by atoms with E-state index in [0.717, 1.165) is 43.4 Å². The zero-order chi connectivity index (χ0) is 19.9. The van der Waals surface area contributed by atoms with Crippen molar-refractivity contribution in [2.75, 3.05) is 0 Å². The molecule has 2 aromatic rings. The van der Waals surface area contributed by atoms with E-state index >= 15 is 0 Å². The van der Waals surface area contributed by atoms with Gasteiger partial charge >= 0.3 is 5.97 Å². The maximum Gasteiger partial charge on any atom is 0.307 e. The number of benzene rings is 1. The first-order chi connectivity index (χ1) is 14.0. The molecule has 0 radical (unpaired) electrons. The van der Waals surface area contributed by atoms with Crippen LogP contribution < -0.4 is 0 Å². The number of nitrogens with zero attached hydrogens (tertiary/aromatic N) is 2. The van der Waals surface area contributed by atoms with Crippen LogP contribution in [0.2, 0.25) is 0 Å². The number of hydrogen-bond acceptors (Lipinski definition) is 3. The monoisotopic (exact) mass is 396 g/mol. The van der Waals surface area contributed by atoms with Crippen LogP contribution in [0, 0.1) is 34.9 Å². The van der Waals surface area contributed by atoms with Crippen molar-refractivity contribution in [1.82, 2.24) is 9.55 Å². The van der Waals surface area contributed by atoms with Gasteiger partial charge in [0.05, 0.1) is 36.3 Å². The maximum absolute atomic E-state index is 14.8. The summed E-state index contributed by atoms with van der Waals surface area (Å²) in [6, 6.07) is 4.86. The summed E-state index contributed by atoms with van der Waals surface area (Å²) in [6.45, 7) is 0. The third-order valence-corrected chi connectivity index (χ3v) is 8.42. The predicted octanol–water partition coefficient (Wildman–Crippen LogP) is 3.87. The van der Waals surface area contributed by atoms with Crippen molar-refractivity contribution in [3.05, 3.63) is 42.1 Å². The summed E-state index contributed by atoms with van der Waals surface area (Å²) in [5.74, 6) is -0.293. The van der Waals surface area contributed by atoms with Crippen LogP contribution >= 0.6 is 0 Å². The number of aliphatic hydroxyl groups excluding tert-OH is 1. The van der Waals surface area contributed by atoms with Gasteiger partial charge in [-0.3, -0.25) is 4.79 Å². The average molecular weight is 396 g/mol. The minimum Gasteiger partial charge on any atom is -0.481 e. The molecule has 6 heteroatoms. The Kier molecular flexibility index (Phi) is 3.59. The predicted molar refractivity (Wildman–Crippen MR) is 103 cm³/mol. The second kappa shape index (κ2) is 5.91. The molecule has 5 aliphatic rings. The molecular formula is C23H25FN2O3. The SMILES string of the molecule is O=C(O)C1C2CC3CC1CC(C(O)CC1c4c(F)cccc4-c4cncn41)(C3)C2. The standard InChI is InChI=1S/C23H25FN2O3/c24-16-3-1-2-15-18-10-25-11-26(18)17(21(15)16)6-19(27)23-7-12-4-13(8-23)20(22(28)29)14(5-12)9-23/h1-3,10-14,17,19-20,27H,4-9H2,(H,28,29). The highest BCUT2D eigenvalue weighted by Gasteiger charge is 2.59. The number of aliphatic hydroxyl groups is 1. The quantitative estimate of drug-likeness (QED) is 0.823. The van der Waals surface area contributed by atoms with Crippen molar-refractivity contribution >= 4 is 5.97 Å². The number of imidazole rings is 1. The molecule has 2 heterocycles. The summed E-state index contributed by atoms with van der Waals surface area (Å²) in [4.78, 5) is 16.1. The van der Waals surface area contributed by atoms with Gasteiger partial charge in [-0.25, -0.2) is 9.37 Å². The van der Waals surface area contributed by atoms with Crippen LogP contribution in [0.1, 0.15) is 50.1 Å². The van der Waals surface area contributed by atoms with Gasteiger partial charge in [-0.15, -0.1) is 0 Å². The molecule has 2 N–H and O–H groups in total. The van der Waals surface area contributed by atoms with E-state index in [-0.39, 0.29) is 35.0 Å². The summed E-state index contributed by atoms with van der Waals surface area (Å²) in [7, 11) is 0. The molecule has 0 amide bonds. The summed E-state index contributed by atoms with van der Waals surface area (Å²) in [5.41, 5.74) is 2.18. The van der Waals surface area contributed by atoms with E-state index in [1.165, 1.54) is 6.07 Å². The van der Waals surface area contributed by atoms with Gasteiger partial charge in [0, 0.05) is 11.1 Å². The van der Waals surface area contributed by atoms with Crippen LogP contribution in [0.5, 0.6) is 0 Å². The fourth-order valence-corrected chi connectivity index (χ4v) is 7.59. The Morgan fingerprint density at radius 3 is 2.76 bits per heavy atom. The number of aromatic nitrogens is 2. The number of rotatable bonds is 4. The minimum atomic E-state index is -0.668. The number of halogens is 1. The van der Waals surface area contributed by atoms with E-state index in [1.807, 2.05) is 10.6 Å². The molecule has 1 aliphatic heterocycles. The maximum atomic E-state index is 14.8. The van der Waals surface area contributed by atoms with Gasteiger partial charge < -0.3 is 14.8 Å². The molecule has 1 aromatic carbocycles. The molecular weight excluding hydrogens is 371 g/mol. The fourth-order valence-electron chi connectivity index (χ4n) is 7.59. The number of carboxylic acids is 1. The highest BCUT2D eigenvalue weighted by molar-refractivity contribution is 5.71. The lowest BCUT2D eigenvalue weighted by atomic mass is 9.44.